The molecule has 0 saturated carbocycles. The maximum atomic E-state index is 4.37. The highest BCUT2D eigenvalue weighted by molar-refractivity contribution is 5.37. The molecule has 90 valence electrons. The van der Waals surface area contributed by atoms with E-state index in [1.165, 1.54) is 5.56 Å². The van der Waals surface area contributed by atoms with Gasteiger partial charge in [-0.2, -0.15) is 5.10 Å². The monoisotopic (exact) mass is 230 g/mol. The molecule has 0 spiro atoms. The van der Waals surface area contributed by atoms with Gasteiger partial charge in [-0.15, -0.1) is 0 Å². The Morgan fingerprint density at radius 3 is 2.94 bits per heavy atom. The lowest BCUT2D eigenvalue weighted by atomic mass is 10.2. The van der Waals surface area contributed by atoms with Crippen LogP contribution in [0.5, 0.6) is 0 Å². The Bertz CT molecular complexity index is 476. The van der Waals surface area contributed by atoms with Crippen LogP contribution < -0.4 is 5.32 Å². The Balaban J connectivity index is 2.05. The van der Waals surface area contributed by atoms with Crippen LogP contribution in [0.15, 0.2) is 30.6 Å². The van der Waals surface area contributed by atoms with Gasteiger partial charge in [0.1, 0.15) is 5.82 Å². The standard InChI is InChI=1S/C13H18N4/c1-3-6-14-13-9-12(4-7-15-13)10-17-8-5-11(2)16-17/h4-5,7-9H,3,6,10H2,1-2H3,(H,14,15). The zero-order valence-corrected chi connectivity index (χ0v) is 10.3. The molecule has 0 radical (unpaired) electrons. The van der Waals surface area contributed by atoms with Crippen molar-refractivity contribution in [3.05, 3.63) is 41.9 Å². The van der Waals surface area contributed by atoms with E-state index in [2.05, 4.69) is 28.4 Å². The van der Waals surface area contributed by atoms with Crippen molar-refractivity contribution in [3.8, 4) is 0 Å². The molecule has 17 heavy (non-hydrogen) atoms. The molecule has 0 aromatic carbocycles. The maximum absolute atomic E-state index is 4.37. The Kier molecular flexibility index (Phi) is 3.75. The van der Waals surface area contributed by atoms with Gasteiger partial charge in [0.2, 0.25) is 0 Å². The summed E-state index contributed by atoms with van der Waals surface area (Å²) in [6.45, 7) is 5.88. The third kappa shape index (κ3) is 3.31. The lowest BCUT2D eigenvalue weighted by molar-refractivity contribution is 0.679. The second-order valence-electron chi connectivity index (χ2n) is 4.13. The molecule has 4 heteroatoms. The van der Waals surface area contributed by atoms with E-state index < -0.39 is 0 Å². The first-order chi connectivity index (χ1) is 8.28. The molecule has 0 saturated heterocycles. The van der Waals surface area contributed by atoms with Gasteiger partial charge in [-0.1, -0.05) is 6.92 Å². The lowest BCUT2D eigenvalue weighted by Crippen LogP contribution is -2.04. The smallest absolute Gasteiger partial charge is 0.126 e. The van der Waals surface area contributed by atoms with Crippen LogP contribution in [-0.2, 0) is 6.54 Å². The Labute approximate surface area is 102 Å². The van der Waals surface area contributed by atoms with Gasteiger partial charge >= 0.3 is 0 Å². The van der Waals surface area contributed by atoms with Crippen LogP contribution in [0, 0.1) is 6.92 Å². The molecule has 0 unspecified atom stereocenters. The van der Waals surface area contributed by atoms with Crippen molar-refractivity contribution >= 4 is 5.82 Å². The molecule has 4 nitrogen and oxygen atoms in total. The van der Waals surface area contributed by atoms with Crippen molar-refractivity contribution in [2.75, 3.05) is 11.9 Å². The summed E-state index contributed by atoms with van der Waals surface area (Å²) in [4.78, 5) is 4.28. The van der Waals surface area contributed by atoms with Gasteiger partial charge in [-0.05, 0) is 37.1 Å². The lowest BCUT2D eigenvalue weighted by Gasteiger charge is -2.06. The number of pyridine rings is 1. The summed E-state index contributed by atoms with van der Waals surface area (Å²) in [5.41, 5.74) is 2.25. The normalized spacial score (nSPS) is 10.5. The molecule has 0 amide bonds. The van der Waals surface area contributed by atoms with Crippen LogP contribution >= 0.6 is 0 Å². The average molecular weight is 230 g/mol. The average Bonchev–Trinajstić information content (AvgIpc) is 2.73. The minimum atomic E-state index is 0.789. The van der Waals surface area contributed by atoms with E-state index >= 15 is 0 Å². The van der Waals surface area contributed by atoms with E-state index in [1.54, 1.807) is 0 Å². The number of nitrogens with one attached hydrogen (secondary N) is 1. The van der Waals surface area contributed by atoms with Crippen molar-refractivity contribution in [3.63, 3.8) is 0 Å². The van der Waals surface area contributed by atoms with Crippen molar-refractivity contribution in [2.45, 2.75) is 26.8 Å². The second kappa shape index (κ2) is 5.48. The van der Waals surface area contributed by atoms with E-state index in [0.717, 1.165) is 31.0 Å². The van der Waals surface area contributed by atoms with E-state index in [1.807, 2.05) is 36.1 Å². The molecular weight excluding hydrogens is 212 g/mol. The molecule has 0 aliphatic carbocycles. The van der Waals surface area contributed by atoms with Gasteiger partial charge in [0, 0.05) is 18.9 Å². The SMILES string of the molecule is CCCNc1cc(Cn2ccc(C)n2)ccn1. The quantitative estimate of drug-likeness (QED) is 0.858. The molecular formula is C13H18N4. The number of aromatic nitrogens is 3. The van der Waals surface area contributed by atoms with Crippen molar-refractivity contribution in [1.29, 1.82) is 0 Å². The van der Waals surface area contributed by atoms with Gasteiger partial charge in [0.25, 0.3) is 0 Å². The third-order valence-electron chi connectivity index (χ3n) is 2.50. The molecule has 2 rings (SSSR count). The molecule has 0 bridgehead atoms. The highest BCUT2D eigenvalue weighted by atomic mass is 15.3. The summed E-state index contributed by atoms with van der Waals surface area (Å²) in [6.07, 6.45) is 4.93. The summed E-state index contributed by atoms with van der Waals surface area (Å²) >= 11 is 0. The first-order valence-corrected chi connectivity index (χ1v) is 5.97. The van der Waals surface area contributed by atoms with Crippen LogP contribution in [0.3, 0.4) is 0 Å². The molecule has 0 atom stereocenters. The topological polar surface area (TPSA) is 42.7 Å². The summed E-state index contributed by atoms with van der Waals surface area (Å²) in [5.74, 6) is 0.938. The third-order valence-corrected chi connectivity index (χ3v) is 2.50. The zero-order valence-electron chi connectivity index (χ0n) is 10.3. The van der Waals surface area contributed by atoms with E-state index in [0.29, 0.717) is 0 Å². The highest BCUT2D eigenvalue weighted by Gasteiger charge is 1.99. The minimum Gasteiger partial charge on any atom is -0.370 e. The van der Waals surface area contributed by atoms with Crippen LogP contribution in [-0.4, -0.2) is 21.3 Å². The predicted octanol–water partition coefficient (Wildman–Crippen LogP) is 2.46. The van der Waals surface area contributed by atoms with Gasteiger partial charge < -0.3 is 5.32 Å². The number of hydrogen-bond donors (Lipinski definition) is 1. The van der Waals surface area contributed by atoms with E-state index in [9.17, 15) is 0 Å². The number of hydrogen-bond acceptors (Lipinski definition) is 3. The number of rotatable bonds is 5. The maximum Gasteiger partial charge on any atom is 0.126 e. The summed E-state index contributed by atoms with van der Waals surface area (Å²) < 4.78 is 1.94. The van der Waals surface area contributed by atoms with Gasteiger partial charge in [-0.3, -0.25) is 4.68 Å². The molecule has 2 heterocycles. The predicted molar refractivity (Wildman–Crippen MR) is 69.1 cm³/mol. The number of anilines is 1. The van der Waals surface area contributed by atoms with Crippen molar-refractivity contribution in [1.82, 2.24) is 14.8 Å². The Morgan fingerprint density at radius 2 is 2.24 bits per heavy atom. The molecule has 0 fully saturated rings. The summed E-state index contributed by atoms with van der Waals surface area (Å²) in [6, 6.07) is 6.11. The van der Waals surface area contributed by atoms with Crippen LogP contribution in [0.25, 0.3) is 0 Å². The Morgan fingerprint density at radius 1 is 1.35 bits per heavy atom. The van der Waals surface area contributed by atoms with Crippen LogP contribution in [0.1, 0.15) is 24.6 Å². The summed E-state index contributed by atoms with van der Waals surface area (Å²) in [7, 11) is 0. The first-order valence-electron chi connectivity index (χ1n) is 5.97. The zero-order chi connectivity index (χ0) is 12.1. The minimum absolute atomic E-state index is 0.789. The molecule has 1 N–H and O–H groups in total. The first kappa shape index (κ1) is 11.6. The molecule has 0 aliphatic rings. The molecule has 2 aromatic heterocycles. The largest absolute Gasteiger partial charge is 0.370 e. The Hall–Kier alpha value is -1.84. The second-order valence-corrected chi connectivity index (χ2v) is 4.13. The van der Waals surface area contributed by atoms with Crippen molar-refractivity contribution in [2.24, 2.45) is 0 Å². The fourth-order valence-corrected chi connectivity index (χ4v) is 1.66. The molecule has 2 aromatic rings. The fourth-order valence-electron chi connectivity index (χ4n) is 1.66. The van der Waals surface area contributed by atoms with Crippen LogP contribution in [0.2, 0.25) is 0 Å². The van der Waals surface area contributed by atoms with Gasteiger partial charge in [0.05, 0.1) is 12.2 Å². The van der Waals surface area contributed by atoms with Gasteiger partial charge in [-0.25, -0.2) is 4.98 Å². The van der Waals surface area contributed by atoms with Crippen LogP contribution in [0.4, 0.5) is 5.82 Å². The van der Waals surface area contributed by atoms with E-state index in [-0.39, 0.29) is 0 Å². The summed E-state index contributed by atoms with van der Waals surface area (Å²) in [5, 5.41) is 7.66. The number of aryl methyl sites for hydroxylation is 1. The number of nitrogens with zero attached hydrogens (tertiary/aromatic N) is 3. The van der Waals surface area contributed by atoms with E-state index in [4.69, 9.17) is 0 Å². The molecule has 0 aliphatic heterocycles. The fraction of sp³-hybridized carbons (Fsp3) is 0.385. The van der Waals surface area contributed by atoms with Gasteiger partial charge in [0.15, 0.2) is 0 Å². The highest BCUT2D eigenvalue weighted by Crippen LogP contribution is 2.08. The van der Waals surface area contributed by atoms with Crippen molar-refractivity contribution < 1.29 is 0 Å².